The molecule has 0 aromatic rings. The summed E-state index contributed by atoms with van der Waals surface area (Å²) in [5.74, 6) is 0. The van der Waals surface area contributed by atoms with Crippen LogP contribution in [-0.2, 0) is 4.74 Å². The summed E-state index contributed by atoms with van der Waals surface area (Å²) in [5.41, 5.74) is 5.58. The van der Waals surface area contributed by atoms with Crippen molar-refractivity contribution in [1.82, 2.24) is 0 Å². The molecular formula is C6H13NO2. The average Bonchev–Trinajstić information content (AvgIpc) is 1.79. The van der Waals surface area contributed by atoms with Crippen LogP contribution in [0.5, 0.6) is 0 Å². The number of hydrogen-bond acceptors (Lipinski definition) is 3. The van der Waals surface area contributed by atoms with E-state index in [-0.39, 0.29) is 12.0 Å². The molecule has 1 saturated heterocycles. The molecule has 0 spiro atoms. The second-order valence-corrected chi connectivity index (χ2v) is 2.67. The van der Waals surface area contributed by atoms with Crippen molar-refractivity contribution >= 4 is 0 Å². The van der Waals surface area contributed by atoms with E-state index < -0.39 is 0 Å². The van der Waals surface area contributed by atoms with Gasteiger partial charge in [-0.25, -0.2) is 0 Å². The second kappa shape index (κ2) is 2.64. The lowest BCUT2D eigenvalue weighted by Gasteiger charge is -2.40. The van der Waals surface area contributed by atoms with Crippen LogP contribution in [0, 0.1) is 5.41 Å². The maximum atomic E-state index is 8.59. The molecule has 0 radical (unpaired) electrons. The molecule has 0 bridgehead atoms. The Morgan fingerprint density at radius 2 is 2.22 bits per heavy atom. The Bertz CT molecular complexity index is 85.5. The summed E-state index contributed by atoms with van der Waals surface area (Å²) in [4.78, 5) is 0. The van der Waals surface area contributed by atoms with Gasteiger partial charge in [0.05, 0.1) is 13.2 Å². The van der Waals surface area contributed by atoms with Gasteiger partial charge in [-0.15, -0.1) is 0 Å². The van der Waals surface area contributed by atoms with Crippen molar-refractivity contribution in [3.8, 4) is 0 Å². The van der Waals surface area contributed by atoms with Crippen LogP contribution in [0.15, 0.2) is 0 Å². The Morgan fingerprint density at radius 1 is 1.56 bits per heavy atom. The lowest BCUT2D eigenvalue weighted by molar-refractivity contribution is -0.116. The Morgan fingerprint density at radius 3 is 2.33 bits per heavy atom. The number of aliphatic hydroxyl groups excluding tert-OH is 1. The molecule has 0 saturated carbocycles. The van der Waals surface area contributed by atoms with Crippen molar-refractivity contribution in [3.63, 3.8) is 0 Å². The van der Waals surface area contributed by atoms with Crippen molar-refractivity contribution < 1.29 is 9.84 Å². The van der Waals surface area contributed by atoms with Crippen LogP contribution in [0.2, 0.25) is 0 Å². The van der Waals surface area contributed by atoms with Crippen molar-refractivity contribution in [2.45, 2.75) is 6.42 Å². The van der Waals surface area contributed by atoms with Gasteiger partial charge in [0.1, 0.15) is 0 Å². The van der Waals surface area contributed by atoms with Crippen molar-refractivity contribution in [2.75, 3.05) is 26.4 Å². The summed E-state index contributed by atoms with van der Waals surface area (Å²) in [6, 6.07) is 0. The topological polar surface area (TPSA) is 55.5 Å². The van der Waals surface area contributed by atoms with E-state index in [0.29, 0.717) is 6.54 Å². The first-order valence-electron chi connectivity index (χ1n) is 3.22. The highest BCUT2D eigenvalue weighted by Gasteiger charge is 2.36. The van der Waals surface area contributed by atoms with Gasteiger partial charge in [-0.05, 0) is 6.42 Å². The first kappa shape index (κ1) is 6.99. The predicted molar refractivity (Wildman–Crippen MR) is 34.0 cm³/mol. The molecule has 0 unspecified atom stereocenters. The van der Waals surface area contributed by atoms with Gasteiger partial charge in [-0.1, -0.05) is 0 Å². The molecule has 1 rings (SSSR count). The van der Waals surface area contributed by atoms with Gasteiger partial charge < -0.3 is 15.6 Å². The van der Waals surface area contributed by atoms with Gasteiger partial charge >= 0.3 is 0 Å². The second-order valence-electron chi connectivity index (χ2n) is 2.67. The lowest BCUT2D eigenvalue weighted by Crippen LogP contribution is -2.48. The molecule has 0 amide bonds. The molecule has 3 N–H and O–H groups in total. The summed E-state index contributed by atoms with van der Waals surface area (Å²) >= 11 is 0. The van der Waals surface area contributed by atoms with Crippen LogP contribution in [0.4, 0.5) is 0 Å². The fourth-order valence-corrected chi connectivity index (χ4v) is 0.992. The van der Waals surface area contributed by atoms with E-state index in [2.05, 4.69) is 0 Å². The summed E-state index contributed by atoms with van der Waals surface area (Å²) in [6.45, 7) is 2.31. The van der Waals surface area contributed by atoms with Crippen LogP contribution in [0.25, 0.3) is 0 Å². The van der Waals surface area contributed by atoms with E-state index in [1.165, 1.54) is 0 Å². The molecular weight excluding hydrogens is 118 g/mol. The number of ether oxygens (including phenoxy) is 1. The fourth-order valence-electron chi connectivity index (χ4n) is 0.992. The molecule has 9 heavy (non-hydrogen) atoms. The van der Waals surface area contributed by atoms with E-state index in [1.54, 1.807) is 0 Å². The monoisotopic (exact) mass is 131 g/mol. The lowest BCUT2D eigenvalue weighted by atomic mass is 9.83. The molecule has 0 aromatic heterocycles. The zero-order valence-electron chi connectivity index (χ0n) is 5.47. The summed E-state index contributed by atoms with van der Waals surface area (Å²) in [5, 5.41) is 8.59. The van der Waals surface area contributed by atoms with Crippen LogP contribution in [0.3, 0.4) is 0 Å². The Hall–Kier alpha value is -0.120. The van der Waals surface area contributed by atoms with Crippen LogP contribution < -0.4 is 5.73 Å². The van der Waals surface area contributed by atoms with E-state index >= 15 is 0 Å². The van der Waals surface area contributed by atoms with E-state index in [0.717, 1.165) is 19.6 Å². The Kier molecular flexibility index (Phi) is 2.05. The molecule has 54 valence electrons. The first-order valence-corrected chi connectivity index (χ1v) is 3.22. The molecule has 1 aliphatic rings. The Balaban J connectivity index is 2.28. The quantitative estimate of drug-likeness (QED) is 0.535. The van der Waals surface area contributed by atoms with Crippen molar-refractivity contribution in [1.29, 1.82) is 0 Å². The maximum Gasteiger partial charge on any atom is 0.0557 e. The number of aliphatic hydroxyl groups is 1. The summed E-state index contributed by atoms with van der Waals surface area (Å²) < 4.78 is 4.99. The normalized spacial score (nSPS) is 23.3. The SMILES string of the molecule is NCC1(CCO)COC1. The first-order chi connectivity index (χ1) is 4.33. The maximum absolute atomic E-state index is 8.59. The average molecular weight is 131 g/mol. The molecule has 0 aromatic carbocycles. The molecule has 3 heteroatoms. The van der Waals surface area contributed by atoms with Gasteiger partial charge in [0.2, 0.25) is 0 Å². The molecule has 0 aliphatic carbocycles. The fraction of sp³-hybridized carbons (Fsp3) is 1.00. The van der Waals surface area contributed by atoms with Crippen LogP contribution >= 0.6 is 0 Å². The summed E-state index contributed by atoms with van der Waals surface area (Å²) in [6.07, 6.45) is 0.781. The highest BCUT2D eigenvalue weighted by molar-refractivity contribution is 4.85. The molecule has 3 nitrogen and oxygen atoms in total. The van der Waals surface area contributed by atoms with Gasteiger partial charge in [0, 0.05) is 18.6 Å². The van der Waals surface area contributed by atoms with Gasteiger partial charge in [0.25, 0.3) is 0 Å². The van der Waals surface area contributed by atoms with Crippen LogP contribution in [-0.4, -0.2) is 31.5 Å². The van der Waals surface area contributed by atoms with Gasteiger partial charge in [-0.2, -0.15) is 0 Å². The van der Waals surface area contributed by atoms with Crippen molar-refractivity contribution in [2.24, 2.45) is 11.1 Å². The molecule has 0 atom stereocenters. The van der Waals surface area contributed by atoms with Gasteiger partial charge in [0.15, 0.2) is 0 Å². The zero-order valence-corrected chi connectivity index (χ0v) is 5.47. The minimum absolute atomic E-state index is 0.120. The standard InChI is InChI=1S/C6H13NO2/c7-3-6(1-2-8)4-9-5-6/h8H,1-5,7H2. The molecule has 1 fully saturated rings. The molecule has 1 aliphatic heterocycles. The third kappa shape index (κ3) is 1.23. The largest absolute Gasteiger partial charge is 0.396 e. The molecule has 1 heterocycles. The minimum atomic E-state index is 0.120. The van der Waals surface area contributed by atoms with Crippen LogP contribution in [0.1, 0.15) is 6.42 Å². The van der Waals surface area contributed by atoms with Gasteiger partial charge in [-0.3, -0.25) is 0 Å². The van der Waals surface area contributed by atoms with E-state index in [4.69, 9.17) is 15.6 Å². The minimum Gasteiger partial charge on any atom is -0.396 e. The number of rotatable bonds is 3. The van der Waals surface area contributed by atoms with Crippen molar-refractivity contribution in [3.05, 3.63) is 0 Å². The highest BCUT2D eigenvalue weighted by Crippen LogP contribution is 2.29. The Labute approximate surface area is 54.8 Å². The van der Waals surface area contributed by atoms with E-state index in [1.807, 2.05) is 0 Å². The number of nitrogens with two attached hydrogens (primary N) is 1. The van der Waals surface area contributed by atoms with E-state index in [9.17, 15) is 0 Å². The highest BCUT2D eigenvalue weighted by atomic mass is 16.5. The third-order valence-electron chi connectivity index (χ3n) is 1.89. The zero-order chi connectivity index (χ0) is 6.74. The third-order valence-corrected chi connectivity index (χ3v) is 1.89. The number of hydrogen-bond donors (Lipinski definition) is 2. The smallest absolute Gasteiger partial charge is 0.0557 e. The summed E-state index contributed by atoms with van der Waals surface area (Å²) in [7, 11) is 0. The predicted octanol–water partition coefficient (Wildman–Crippen LogP) is -0.656.